The molecule has 0 unspecified atom stereocenters. The van der Waals surface area contributed by atoms with Crippen molar-refractivity contribution >= 4 is 17.5 Å². The summed E-state index contributed by atoms with van der Waals surface area (Å²) >= 11 is 0. The number of rotatable bonds is 7. The third-order valence-corrected chi connectivity index (χ3v) is 4.83. The van der Waals surface area contributed by atoms with Crippen molar-refractivity contribution in [2.75, 3.05) is 11.9 Å². The van der Waals surface area contributed by atoms with Crippen LogP contribution in [0.4, 0.5) is 5.69 Å². The van der Waals surface area contributed by atoms with Crippen LogP contribution in [0.1, 0.15) is 26.3 Å². The number of hydrogen-bond acceptors (Lipinski definition) is 3. The van der Waals surface area contributed by atoms with Gasteiger partial charge < -0.3 is 10.6 Å². The average Bonchev–Trinajstić information content (AvgIpc) is 3.31. The van der Waals surface area contributed by atoms with Crippen molar-refractivity contribution in [1.82, 2.24) is 15.1 Å². The van der Waals surface area contributed by atoms with Gasteiger partial charge in [0.15, 0.2) is 0 Å². The number of benzene rings is 3. The van der Waals surface area contributed by atoms with Crippen LogP contribution in [-0.4, -0.2) is 28.1 Å². The van der Waals surface area contributed by atoms with Crippen LogP contribution in [0.15, 0.2) is 97.3 Å². The monoisotopic (exact) mass is 410 g/mol. The maximum Gasteiger partial charge on any atom is 0.258 e. The molecule has 31 heavy (non-hydrogen) atoms. The van der Waals surface area contributed by atoms with E-state index in [1.807, 2.05) is 60.7 Å². The second-order valence-electron chi connectivity index (χ2n) is 7.00. The van der Waals surface area contributed by atoms with E-state index in [0.717, 1.165) is 17.7 Å². The van der Waals surface area contributed by atoms with Crippen LogP contribution < -0.4 is 10.6 Å². The zero-order valence-electron chi connectivity index (χ0n) is 16.9. The number of hydrogen-bond donors (Lipinski definition) is 2. The van der Waals surface area contributed by atoms with Gasteiger partial charge in [0, 0.05) is 12.7 Å². The van der Waals surface area contributed by atoms with Gasteiger partial charge in [-0.05, 0) is 36.2 Å². The normalized spacial score (nSPS) is 10.5. The van der Waals surface area contributed by atoms with E-state index in [-0.39, 0.29) is 11.8 Å². The summed E-state index contributed by atoms with van der Waals surface area (Å²) in [6, 6.07) is 26.5. The van der Waals surface area contributed by atoms with Crippen molar-refractivity contribution < 1.29 is 9.59 Å². The van der Waals surface area contributed by atoms with Crippen molar-refractivity contribution in [1.29, 1.82) is 0 Å². The number of nitrogens with zero attached hydrogens (tertiary/aromatic N) is 2. The Hall–Kier alpha value is -4.19. The molecule has 1 heterocycles. The molecule has 4 rings (SSSR count). The van der Waals surface area contributed by atoms with Gasteiger partial charge in [-0.25, -0.2) is 4.68 Å². The van der Waals surface area contributed by atoms with Crippen LogP contribution in [0.25, 0.3) is 5.69 Å². The quantitative estimate of drug-likeness (QED) is 0.482. The van der Waals surface area contributed by atoms with Crippen molar-refractivity contribution in [3.8, 4) is 5.69 Å². The standard InChI is InChI=1S/C25H22N4O2/c30-24(20-17-27-29(18-20)21-11-5-2-6-12-21)28-23-14-8-7-13-22(23)25(31)26-16-15-19-9-3-1-4-10-19/h1-14,17-18H,15-16H2,(H,26,31)(H,28,30). The molecule has 0 fully saturated rings. The van der Waals surface area contributed by atoms with Crippen LogP contribution in [0.5, 0.6) is 0 Å². The SMILES string of the molecule is O=C(Nc1ccccc1C(=O)NCCc1ccccc1)c1cnn(-c2ccccc2)c1. The number of carbonyl (C=O) groups excluding carboxylic acids is 2. The summed E-state index contributed by atoms with van der Waals surface area (Å²) in [5, 5.41) is 10.00. The molecule has 0 atom stereocenters. The highest BCUT2D eigenvalue weighted by atomic mass is 16.2. The van der Waals surface area contributed by atoms with Crippen molar-refractivity contribution in [2.24, 2.45) is 0 Å². The van der Waals surface area contributed by atoms with Crippen LogP contribution in [0.2, 0.25) is 0 Å². The first kappa shape index (κ1) is 20.1. The van der Waals surface area contributed by atoms with Gasteiger partial charge in [0.1, 0.15) is 0 Å². The summed E-state index contributed by atoms with van der Waals surface area (Å²) in [5.74, 6) is -0.557. The first-order valence-electron chi connectivity index (χ1n) is 10.0. The van der Waals surface area contributed by atoms with Crippen LogP contribution in [-0.2, 0) is 6.42 Å². The Morgan fingerprint density at radius 1 is 0.806 bits per heavy atom. The second-order valence-corrected chi connectivity index (χ2v) is 7.00. The Labute approximate surface area is 180 Å². The lowest BCUT2D eigenvalue weighted by atomic mass is 10.1. The fourth-order valence-corrected chi connectivity index (χ4v) is 3.21. The molecular weight excluding hydrogens is 388 g/mol. The van der Waals surface area contributed by atoms with Crippen molar-refractivity contribution in [3.05, 3.63) is 114 Å². The van der Waals surface area contributed by atoms with Gasteiger partial charge in [-0.2, -0.15) is 5.10 Å². The van der Waals surface area contributed by atoms with Gasteiger partial charge in [-0.1, -0.05) is 60.7 Å². The molecule has 2 amide bonds. The topological polar surface area (TPSA) is 76.0 Å². The molecule has 154 valence electrons. The van der Waals surface area contributed by atoms with Crippen LogP contribution in [0, 0.1) is 0 Å². The van der Waals surface area contributed by atoms with Crippen LogP contribution >= 0.6 is 0 Å². The minimum Gasteiger partial charge on any atom is -0.352 e. The lowest BCUT2D eigenvalue weighted by Crippen LogP contribution is -2.27. The summed E-state index contributed by atoms with van der Waals surface area (Å²) in [4.78, 5) is 25.4. The van der Waals surface area contributed by atoms with E-state index < -0.39 is 0 Å². The van der Waals surface area contributed by atoms with Crippen LogP contribution in [0.3, 0.4) is 0 Å². The van der Waals surface area contributed by atoms with Crippen molar-refractivity contribution in [2.45, 2.75) is 6.42 Å². The first-order valence-corrected chi connectivity index (χ1v) is 10.0. The fraction of sp³-hybridized carbons (Fsp3) is 0.0800. The van der Waals surface area contributed by atoms with Gasteiger partial charge >= 0.3 is 0 Å². The molecule has 0 aliphatic carbocycles. The average molecular weight is 410 g/mol. The molecule has 3 aromatic carbocycles. The minimum absolute atomic E-state index is 0.230. The molecule has 6 nitrogen and oxygen atoms in total. The Balaban J connectivity index is 1.42. The van der Waals surface area contributed by atoms with E-state index in [1.165, 1.54) is 6.20 Å². The molecule has 0 aliphatic heterocycles. The zero-order chi connectivity index (χ0) is 21.5. The molecular formula is C25H22N4O2. The Morgan fingerprint density at radius 2 is 1.48 bits per heavy atom. The highest BCUT2D eigenvalue weighted by molar-refractivity contribution is 6.08. The number of amides is 2. The Morgan fingerprint density at radius 3 is 2.26 bits per heavy atom. The molecule has 4 aromatic rings. The lowest BCUT2D eigenvalue weighted by molar-refractivity contribution is 0.0955. The molecule has 0 spiro atoms. The number of carbonyl (C=O) groups is 2. The molecule has 6 heteroatoms. The maximum atomic E-state index is 12.7. The minimum atomic E-state index is -0.327. The molecule has 2 N–H and O–H groups in total. The van der Waals surface area contributed by atoms with Gasteiger partial charge in [0.25, 0.3) is 11.8 Å². The zero-order valence-corrected chi connectivity index (χ0v) is 16.9. The smallest absolute Gasteiger partial charge is 0.258 e. The maximum absolute atomic E-state index is 12.7. The number of anilines is 1. The van der Waals surface area contributed by atoms with Gasteiger partial charge in [-0.15, -0.1) is 0 Å². The predicted octanol–water partition coefficient (Wildman–Crippen LogP) is 4.10. The number of para-hydroxylation sites is 2. The highest BCUT2D eigenvalue weighted by Gasteiger charge is 2.15. The lowest BCUT2D eigenvalue weighted by Gasteiger charge is -2.11. The molecule has 0 aliphatic rings. The Bertz CT molecular complexity index is 1170. The molecule has 0 bridgehead atoms. The van der Waals surface area contributed by atoms with E-state index in [9.17, 15) is 9.59 Å². The van der Waals surface area contributed by atoms with E-state index in [4.69, 9.17) is 0 Å². The van der Waals surface area contributed by atoms with E-state index >= 15 is 0 Å². The van der Waals surface area contributed by atoms with E-state index in [0.29, 0.717) is 23.4 Å². The Kier molecular flexibility index (Phi) is 6.18. The van der Waals surface area contributed by atoms with Gasteiger partial charge in [-0.3, -0.25) is 9.59 Å². The number of aromatic nitrogens is 2. The third kappa shape index (κ3) is 5.05. The number of nitrogens with one attached hydrogen (secondary N) is 2. The summed E-state index contributed by atoms with van der Waals surface area (Å²) in [7, 11) is 0. The van der Waals surface area contributed by atoms with Crippen molar-refractivity contribution in [3.63, 3.8) is 0 Å². The highest BCUT2D eigenvalue weighted by Crippen LogP contribution is 2.17. The van der Waals surface area contributed by atoms with E-state index in [1.54, 1.807) is 35.1 Å². The van der Waals surface area contributed by atoms with E-state index in [2.05, 4.69) is 15.7 Å². The largest absolute Gasteiger partial charge is 0.352 e. The molecule has 0 radical (unpaired) electrons. The summed E-state index contributed by atoms with van der Waals surface area (Å²) < 4.78 is 1.64. The third-order valence-electron chi connectivity index (χ3n) is 4.83. The van der Waals surface area contributed by atoms with Gasteiger partial charge in [0.2, 0.25) is 0 Å². The molecule has 1 aromatic heterocycles. The predicted molar refractivity (Wildman–Crippen MR) is 120 cm³/mol. The summed E-state index contributed by atoms with van der Waals surface area (Å²) in [5.41, 5.74) is 3.29. The second kappa shape index (κ2) is 9.54. The summed E-state index contributed by atoms with van der Waals surface area (Å²) in [6.45, 7) is 0.509. The van der Waals surface area contributed by atoms with Gasteiger partial charge in [0.05, 0.1) is 28.7 Å². The molecule has 0 saturated heterocycles. The fourth-order valence-electron chi connectivity index (χ4n) is 3.21. The first-order chi connectivity index (χ1) is 15.2. The summed E-state index contributed by atoms with van der Waals surface area (Å²) in [6.07, 6.45) is 3.90. The molecule has 0 saturated carbocycles.